The van der Waals surface area contributed by atoms with Gasteiger partial charge in [0.25, 0.3) is 0 Å². The van der Waals surface area contributed by atoms with Crippen LogP contribution in [0.3, 0.4) is 0 Å². The first-order valence-electron chi connectivity index (χ1n) is 4.68. The van der Waals surface area contributed by atoms with Crippen LogP contribution in [-0.2, 0) is 4.74 Å². The summed E-state index contributed by atoms with van der Waals surface area (Å²) in [5.41, 5.74) is 0. The van der Waals surface area contributed by atoms with Gasteiger partial charge in [-0.15, -0.1) is 0 Å². The summed E-state index contributed by atoms with van der Waals surface area (Å²) in [5.74, 6) is 0. The minimum Gasteiger partial charge on any atom is -0.377 e. The van der Waals surface area contributed by atoms with Gasteiger partial charge in [-0.1, -0.05) is 6.92 Å². The lowest BCUT2D eigenvalue weighted by atomic mass is 10.0. The first-order valence-corrected chi connectivity index (χ1v) is 4.68. The van der Waals surface area contributed by atoms with Crippen molar-refractivity contribution >= 4 is 0 Å². The molecule has 0 spiro atoms. The Labute approximate surface area is 69.3 Å². The molecule has 0 amide bonds. The standard InChI is InChI=1S/C9H19NO/c1-3-6-11-9-5-4-8(2)10-7-9/h8-10H,3-7H2,1-2H3. The molecular formula is C9H19NO. The Kier molecular flexibility index (Phi) is 3.87. The van der Waals surface area contributed by atoms with Crippen LogP contribution in [0, 0.1) is 0 Å². The van der Waals surface area contributed by atoms with E-state index < -0.39 is 0 Å². The van der Waals surface area contributed by atoms with Gasteiger partial charge in [0.15, 0.2) is 0 Å². The second-order valence-electron chi connectivity index (χ2n) is 3.38. The minimum absolute atomic E-state index is 0.478. The lowest BCUT2D eigenvalue weighted by Gasteiger charge is -2.27. The highest BCUT2D eigenvalue weighted by Crippen LogP contribution is 2.10. The van der Waals surface area contributed by atoms with Gasteiger partial charge < -0.3 is 10.1 Å². The fourth-order valence-corrected chi connectivity index (χ4v) is 1.40. The van der Waals surface area contributed by atoms with E-state index in [4.69, 9.17) is 4.74 Å². The molecule has 1 saturated heterocycles. The third-order valence-electron chi connectivity index (χ3n) is 2.17. The Morgan fingerprint density at radius 3 is 2.82 bits per heavy atom. The third-order valence-corrected chi connectivity index (χ3v) is 2.17. The summed E-state index contributed by atoms with van der Waals surface area (Å²) >= 11 is 0. The predicted octanol–water partition coefficient (Wildman–Crippen LogP) is 1.55. The van der Waals surface area contributed by atoms with Crippen molar-refractivity contribution in [3.63, 3.8) is 0 Å². The molecule has 66 valence electrons. The molecule has 0 aromatic rings. The molecule has 1 N–H and O–H groups in total. The fraction of sp³-hybridized carbons (Fsp3) is 1.00. The molecule has 1 aliphatic rings. The Morgan fingerprint density at radius 1 is 1.45 bits per heavy atom. The predicted molar refractivity (Wildman–Crippen MR) is 46.7 cm³/mol. The Morgan fingerprint density at radius 2 is 2.27 bits per heavy atom. The topological polar surface area (TPSA) is 21.3 Å². The third kappa shape index (κ3) is 3.21. The molecular weight excluding hydrogens is 138 g/mol. The summed E-state index contributed by atoms with van der Waals surface area (Å²) < 4.78 is 5.62. The Balaban J connectivity index is 2.07. The van der Waals surface area contributed by atoms with E-state index in [1.807, 2.05) is 0 Å². The van der Waals surface area contributed by atoms with Gasteiger partial charge in [0.05, 0.1) is 6.10 Å². The van der Waals surface area contributed by atoms with E-state index in [0.717, 1.165) is 19.6 Å². The fourth-order valence-electron chi connectivity index (χ4n) is 1.40. The van der Waals surface area contributed by atoms with Crippen molar-refractivity contribution in [3.05, 3.63) is 0 Å². The zero-order chi connectivity index (χ0) is 8.10. The first kappa shape index (κ1) is 9.01. The number of ether oxygens (including phenoxy) is 1. The van der Waals surface area contributed by atoms with Crippen molar-refractivity contribution in [2.75, 3.05) is 13.2 Å². The maximum atomic E-state index is 5.62. The van der Waals surface area contributed by atoms with Crippen molar-refractivity contribution in [2.45, 2.75) is 45.3 Å². The molecule has 11 heavy (non-hydrogen) atoms. The number of piperidine rings is 1. The van der Waals surface area contributed by atoms with Crippen LogP contribution in [-0.4, -0.2) is 25.3 Å². The summed E-state index contributed by atoms with van der Waals surface area (Å²) in [7, 11) is 0. The Bertz CT molecular complexity index is 95.0. The van der Waals surface area contributed by atoms with Crippen LogP contribution in [0.2, 0.25) is 0 Å². The van der Waals surface area contributed by atoms with Gasteiger partial charge in [-0.05, 0) is 26.2 Å². The van der Waals surface area contributed by atoms with Gasteiger partial charge in [-0.3, -0.25) is 0 Å². The van der Waals surface area contributed by atoms with E-state index in [-0.39, 0.29) is 0 Å². The van der Waals surface area contributed by atoms with Crippen LogP contribution < -0.4 is 5.32 Å². The molecule has 0 bridgehead atoms. The zero-order valence-corrected chi connectivity index (χ0v) is 7.60. The molecule has 1 rings (SSSR count). The molecule has 2 heteroatoms. The van der Waals surface area contributed by atoms with Gasteiger partial charge in [0.1, 0.15) is 0 Å². The molecule has 2 atom stereocenters. The largest absolute Gasteiger partial charge is 0.377 e. The monoisotopic (exact) mass is 157 g/mol. The maximum absolute atomic E-state index is 5.62. The van der Waals surface area contributed by atoms with Crippen molar-refractivity contribution in [1.29, 1.82) is 0 Å². The number of rotatable bonds is 3. The van der Waals surface area contributed by atoms with E-state index in [0.29, 0.717) is 12.1 Å². The summed E-state index contributed by atoms with van der Waals surface area (Å²) in [4.78, 5) is 0. The van der Waals surface area contributed by atoms with Crippen LogP contribution >= 0.6 is 0 Å². The molecule has 0 radical (unpaired) electrons. The van der Waals surface area contributed by atoms with Crippen molar-refractivity contribution < 1.29 is 4.74 Å². The number of hydrogen-bond donors (Lipinski definition) is 1. The van der Waals surface area contributed by atoms with E-state index >= 15 is 0 Å². The molecule has 1 aliphatic heterocycles. The second-order valence-corrected chi connectivity index (χ2v) is 3.38. The van der Waals surface area contributed by atoms with Gasteiger partial charge in [-0.2, -0.15) is 0 Å². The quantitative estimate of drug-likeness (QED) is 0.671. The second kappa shape index (κ2) is 4.73. The highest BCUT2D eigenvalue weighted by atomic mass is 16.5. The lowest BCUT2D eigenvalue weighted by molar-refractivity contribution is 0.0312. The highest BCUT2D eigenvalue weighted by molar-refractivity contribution is 4.74. The molecule has 0 aliphatic carbocycles. The highest BCUT2D eigenvalue weighted by Gasteiger charge is 2.16. The van der Waals surface area contributed by atoms with Crippen LogP contribution in [0.15, 0.2) is 0 Å². The van der Waals surface area contributed by atoms with Gasteiger partial charge >= 0.3 is 0 Å². The average molecular weight is 157 g/mol. The van der Waals surface area contributed by atoms with Crippen LogP contribution in [0.25, 0.3) is 0 Å². The molecule has 1 fully saturated rings. The van der Waals surface area contributed by atoms with Gasteiger partial charge in [0.2, 0.25) is 0 Å². The maximum Gasteiger partial charge on any atom is 0.0700 e. The minimum atomic E-state index is 0.478. The molecule has 2 unspecified atom stereocenters. The molecule has 0 aromatic heterocycles. The van der Waals surface area contributed by atoms with Crippen molar-refractivity contribution in [3.8, 4) is 0 Å². The van der Waals surface area contributed by atoms with Crippen LogP contribution in [0.1, 0.15) is 33.1 Å². The SMILES string of the molecule is CCCOC1CCC(C)NC1. The summed E-state index contributed by atoms with van der Waals surface area (Å²) in [6.07, 6.45) is 4.10. The Hall–Kier alpha value is -0.0800. The van der Waals surface area contributed by atoms with E-state index in [9.17, 15) is 0 Å². The molecule has 0 aromatic carbocycles. The van der Waals surface area contributed by atoms with E-state index in [1.54, 1.807) is 0 Å². The molecule has 1 heterocycles. The normalized spacial score (nSPS) is 32.2. The van der Waals surface area contributed by atoms with Crippen molar-refractivity contribution in [1.82, 2.24) is 5.32 Å². The van der Waals surface area contributed by atoms with Gasteiger partial charge in [-0.25, -0.2) is 0 Å². The smallest absolute Gasteiger partial charge is 0.0700 e. The number of nitrogens with one attached hydrogen (secondary N) is 1. The summed E-state index contributed by atoms with van der Waals surface area (Å²) in [6, 6.07) is 0.691. The first-order chi connectivity index (χ1) is 5.33. The number of hydrogen-bond acceptors (Lipinski definition) is 2. The summed E-state index contributed by atoms with van der Waals surface area (Å²) in [5, 5.41) is 3.42. The van der Waals surface area contributed by atoms with Crippen molar-refractivity contribution in [2.24, 2.45) is 0 Å². The zero-order valence-electron chi connectivity index (χ0n) is 7.60. The molecule has 2 nitrogen and oxygen atoms in total. The lowest BCUT2D eigenvalue weighted by Crippen LogP contribution is -2.41. The average Bonchev–Trinajstić information content (AvgIpc) is 2.04. The van der Waals surface area contributed by atoms with Gasteiger partial charge in [0, 0.05) is 19.2 Å². The van der Waals surface area contributed by atoms with Crippen LogP contribution in [0.4, 0.5) is 0 Å². The van der Waals surface area contributed by atoms with E-state index in [2.05, 4.69) is 19.2 Å². The molecule has 0 saturated carbocycles. The van der Waals surface area contributed by atoms with Crippen LogP contribution in [0.5, 0.6) is 0 Å². The summed E-state index contributed by atoms with van der Waals surface area (Å²) in [6.45, 7) is 6.34. The van der Waals surface area contributed by atoms with E-state index in [1.165, 1.54) is 12.8 Å².